The van der Waals surface area contributed by atoms with Gasteiger partial charge in [0.2, 0.25) is 5.16 Å². The van der Waals surface area contributed by atoms with Gasteiger partial charge >= 0.3 is 0 Å². The monoisotopic (exact) mass is 368 g/mol. The minimum absolute atomic E-state index is 0.501. The molecular weight excluding hydrogens is 348 g/mol. The predicted octanol–water partition coefficient (Wildman–Crippen LogP) is 4.03. The van der Waals surface area contributed by atoms with Gasteiger partial charge in [-0.3, -0.25) is 0 Å². The molecule has 0 aliphatic heterocycles. The molecule has 0 aliphatic carbocycles. The van der Waals surface area contributed by atoms with E-state index in [4.69, 9.17) is 21.1 Å². The number of benzene rings is 1. The van der Waals surface area contributed by atoms with E-state index >= 15 is 0 Å². The molecule has 0 amide bonds. The Labute approximate surface area is 151 Å². The first-order chi connectivity index (χ1) is 11.6. The molecule has 0 N–H and O–H groups in total. The van der Waals surface area contributed by atoms with Crippen molar-refractivity contribution in [2.24, 2.45) is 5.10 Å². The summed E-state index contributed by atoms with van der Waals surface area (Å²) in [6, 6.07) is 3.67. The molecule has 1 aromatic heterocycles. The Balaban J connectivity index is 2.33. The number of aryl methyl sites for hydroxylation is 1. The maximum Gasteiger partial charge on any atom is 0.211 e. The van der Waals surface area contributed by atoms with Gasteiger partial charge in [-0.25, -0.2) is 0 Å². The Bertz CT molecular complexity index is 718. The van der Waals surface area contributed by atoms with Crippen molar-refractivity contribution in [3.05, 3.63) is 28.5 Å². The Morgan fingerprint density at radius 1 is 1.29 bits per heavy atom. The average molecular weight is 369 g/mol. The van der Waals surface area contributed by atoms with Gasteiger partial charge in [0.1, 0.15) is 0 Å². The molecule has 0 saturated heterocycles. The summed E-state index contributed by atoms with van der Waals surface area (Å²) in [5.41, 5.74) is 0.812. The van der Waals surface area contributed by atoms with Crippen LogP contribution in [-0.2, 0) is 0 Å². The second-order valence-corrected chi connectivity index (χ2v) is 6.08. The SMILES string of the molecule is CCCOc1c(Cl)cc(/C=N\n2c(C)nnc2SC)cc1OCC. The Kier molecular flexibility index (Phi) is 6.93. The highest BCUT2D eigenvalue weighted by Crippen LogP contribution is 2.36. The van der Waals surface area contributed by atoms with E-state index < -0.39 is 0 Å². The molecule has 8 heteroatoms. The molecule has 0 atom stereocenters. The molecule has 1 heterocycles. The number of nitrogens with zero attached hydrogens (tertiary/aromatic N) is 4. The first kappa shape index (κ1) is 18.6. The van der Waals surface area contributed by atoms with Gasteiger partial charge < -0.3 is 9.47 Å². The Morgan fingerprint density at radius 3 is 2.75 bits per heavy atom. The zero-order valence-electron chi connectivity index (χ0n) is 14.2. The molecule has 0 radical (unpaired) electrons. The van der Waals surface area contributed by atoms with Crippen molar-refractivity contribution in [2.45, 2.75) is 32.3 Å². The third kappa shape index (κ3) is 4.42. The van der Waals surface area contributed by atoms with Crippen molar-refractivity contribution >= 4 is 29.6 Å². The highest BCUT2D eigenvalue weighted by Gasteiger charge is 2.12. The molecule has 0 unspecified atom stereocenters. The third-order valence-electron chi connectivity index (χ3n) is 3.06. The minimum Gasteiger partial charge on any atom is -0.490 e. The summed E-state index contributed by atoms with van der Waals surface area (Å²) < 4.78 is 13.0. The number of hydrogen-bond donors (Lipinski definition) is 0. The van der Waals surface area contributed by atoms with Gasteiger partial charge in [0.25, 0.3) is 0 Å². The average Bonchev–Trinajstić information content (AvgIpc) is 2.92. The van der Waals surface area contributed by atoms with Gasteiger partial charge in [-0.1, -0.05) is 30.3 Å². The molecule has 1 aromatic carbocycles. The Hall–Kier alpha value is -1.73. The molecule has 0 aliphatic rings. The molecule has 2 aromatic rings. The minimum atomic E-state index is 0.501. The van der Waals surface area contributed by atoms with Gasteiger partial charge in [0.15, 0.2) is 17.3 Å². The van der Waals surface area contributed by atoms with E-state index in [9.17, 15) is 0 Å². The zero-order chi connectivity index (χ0) is 17.5. The van der Waals surface area contributed by atoms with Gasteiger partial charge in [0, 0.05) is 0 Å². The molecular formula is C16H21ClN4O2S. The lowest BCUT2D eigenvalue weighted by Crippen LogP contribution is -2.02. The maximum atomic E-state index is 6.35. The summed E-state index contributed by atoms with van der Waals surface area (Å²) in [6.45, 7) is 6.93. The summed E-state index contributed by atoms with van der Waals surface area (Å²) in [4.78, 5) is 0. The van der Waals surface area contributed by atoms with E-state index in [0.29, 0.717) is 29.7 Å². The van der Waals surface area contributed by atoms with Crippen LogP contribution in [0.4, 0.5) is 0 Å². The summed E-state index contributed by atoms with van der Waals surface area (Å²) in [7, 11) is 0. The number of aromatic nitrogens is 3. The topological polar surface area (TPSA) is 61.5 Å². The molecule has 130 valence electrons. The van der Waals surface area contributed by atoms with Crippen LogP contribution in [0.2, 0.25) is 5.02 Å². The molecule has 0 fully saturated rings. The lowest BCUT2D eigenvalue weighted by Gasteiger charge is -2.13. The van der Waals surface area contributed by atoms with Gasteiger partial charge in [0.05, 0.1) is 24.5 Å². The van der Waals surface area contributed by atoms with Crippen molar-refractivity contribution < 1.29 is 9.47 Å². The van der Waals surface area contributed by atoms with Crippen molar-refractivity contribution in [3.8, 4) is 11.5 Å². The van der Waals surface area contributed by atoms with Crippen LogP contribution in [0.25, 0.3) is 0 Å². The first-order valence-corrected chi connectivity index (χ1v) is 9.30. The molecule has 2 rings (SSSR count). The van der Waals surface area contributed by atoms with Gasteiger partial charge in [-0.05, 0) is 44.2 Å². The fraction of sp³-hybridized carbons (Fsp3) is 0.438. The Morgan fingerprint density at radius 2 is 2.08 bits per heavy atom. The summed E-state index contributed by atoms with van der Waals surface area (Å²) in [6.07, 6.45) is 4.53. The zero-order valence-corrected chi connectivity index (χ0v) is 15.8. The normalized spacial score (nSPS) is 11.2. The fourth-order valence-corrected chi connectivity index (χ4v) is 2.74. The summed E-state index contributed by atoms with van der Waals surface area (Å²) in [5, 5.41) is 13.7. The largest absolute Gasteiger partial charge is 0.490 e. The van der Waals surface area contributed by atoms with Crippen LogP contribution >= 0.6 is 23.4 Å². The second-order valence-electron chi connectivity index (χ2n) is 4.90. The molecule has 0 bridgehead atoms. The number of hydrogen-bond acceptors (Lipinski definition) is 6. The van der Waals surface area contributed by atoms with Crippen LogP contribution < -0.4 is 9.47 Å². The summed E-state index contributed by atoms with van der Waals surface area (Å²) in [5.74, 6) is 1.91. The number of thioether (sulfide) groups is 1. The van der Waals surface area contributed by atoms with E-state index in [1.54, 1.807) is 17.0 Å². The van der Waals surface area contributed by atoms with Crippen LogP contribution in [0.3, 0.4) is 0 Å². The highest BCUT2D eigenvalue weighted by molar-refractivity contribution is 7.98. The first-order valence-electron chi connectivity index (χ1n) is 7.70. The third-order valence-corrected chi connectivity index (χ3v) is 3.96. The van der Waals surface area contributed by atoms with Crippen molar-refractivity contribution in [2.75, 3.05) is 19.5 Å². The molecule has 24 heavy (non-hydrogen) atoms. The molecule has 0 spiro atoms. The maximum absolute atomic E-state index is 6.35. The van der Waals surface area contributed by atoms with Crippen LogP contribution in [0.15, 0.2) is 22.4 Å². The van der Waals surface area contributed by atoms with Gasteiger partial charge in [-0.2, -0.15) is 9.78 Å². The highest BCUT2D eigenvalue weighted by atomic mass is 35.5. The van der Waals surface area contributed by atoms with E-state index in [-0.39, 0.29) is 0 Å². The lowest BCUT2D eigenvalue weighted by molar-refractivity contribution is 0.277. The molecule has 6 nitrogen and oxygen atoms in total. The lowest BCUT2D eigenvalue weighted by atomic mass is 10.2. The predicted molar refractivity (Wildman–Crippen MR) is 97.9 cm³/mol. The van der Waals surface area contributed by atoms with E-state index in [1.165, 1.54) is 11.8 Å². The van der Waals surface area contributed by atoms with Crippen LogP contribution in [-0.4, -0.2) is 40.6 Å². The fourth-order valence-electron chi connectivity index (χ4n) is 1.99. The standard InChI is InChI=1S/C16H21ClN4O2S/c1-5-7-23-15-13(17)8-12(9-14(15)22-6-2)10-18-21-11(3)19-20-16(21)24-4/h8-10H,5-7H2,1-4H3/b18-10-. The number of halogens is 1. The summed E-state index contributed by atoms with van der Waals surface area (Å²) >= 11 is 7.84. The number of ether oxygens (including phenoxy) is 2. The van der Waals surface area contributed by atoms with Crippen LogP contribution in [0.5, 0.6) is 11.5 Å². The van der Waals surface area contributed by atoms with E-state index in [2.05, 4.69) is 15.3 Å². The van der Waals surface area contributed by atoms with E-state index in [0.717, 1.165) is 23.0 Å². The smallest absolute Gasteiger partial charge is 0.211 e. The van der Waals surface area contributed by atoms with Crippen molar-refractivity contribution in [1.29, 1.82) is 0 Å². The van der Waals surface area contributed by atoms with Crippen molar-refractivity contribution in [3.63, 3.8) is 0 Å². The van der Waals surface area contributed by atoms with E-state index in [1.807, 2.05) is 33.1 Å². The van der Waals surface area contributed by atoms with Crippen LogP contribution in [0, 0.1) is 6.92 Å². The van der Waals surface area contributed by atoms with Gasteiger partial charge in [-0.15, -0.1) is 10.2 Å². The van der Waals surface area contributed by atoms with Crippen molar-refractivity contribution in [1.82, 2.24) is 14.9 Å². The number of rotatable bonds is 8. The molecule has 0 saturated carbocycles. The second kappa shape index (κ2) is 8.94. The van der Waals surface area contributed by atoms with Crippen LogP contribution in [0.1, 0.15) is 31.7 Å². The quantitative estimate of drug-likeness (QED) is 0.520.